The number of hydrogen-bond donors (Lipinski definition) is 1. The first kappa shape index (κ1) is 8.52. The second-order valence-electron chi connectivity index (χ2n) is 2.46. The van der Waals surface area contributed by atoms with Gasteiger partial charge in [-0.15, -0.1) is 0 Å². The monoisotopic (exact) mass is 165 g/mol. The highest BCUT2D eigenvalue weighted by molar-refractivity contribution is 5.64. The molecular weight excluding hydrogens is 156 g/mol. The Labute approximate surface area is 70.0 Å². The van der Waals surface area contributed by atoms with Crippen molar-refractivity contribution in [2.24, 2.45) is 0 Å². The van der Waals surface area contributed by atoms with Crippen LogP contribution in [0, 0.1) is 0 Å². The van der Waals surface area contributed by atoms with Crippen LogP contribution in [0.1, 0.15) is 12.0 Å². The van der Waals surface area contributed by atoms with E-state index in [4.69, 9.17) is 5.73 Å². The van der Waals surface area contributed by atoms with E-state index in [-0.39, 0.29) is 6.42 Å². The Bertz CT molecular complexity index is 269. The Morgan fingerprint density at radius 2 is 2.33 bits per heavy atom. The zero-order valence-corrected chi connectivity index (χ0v) is 6.49. The van der Waals surface area contributed by atoms with E-state index in [9.17, 15) is 9.90 Å². The van der Waals surface area contributed by atoms with Gasteiger partial charge in [-0.25, -0.2) is 4.98 Å². The summed E-state index contributed by atoms with van der Waals surface area (Å²) in [5.41, 5.74) is 6.20. The van der Waals surface area contributed by atoms with Gasteiger partial charge in [0.2, 0.25) is 0 Å². The maximum atomic E-state index is 10.1. The Balaban J connectivity index is 2.53. The van der Waals surface area contributed by atoms with Crippen LogP contribution < -0.4 is 10.8 Å². The van der Waals surface area contributed by atoms with Gasteiger partial charge in [0.15, 0.2) is 0 Å². The minimum Gasteiger partial charge on any atom is -0.550 e. The highest BCUT2D eigenvalue weighted by Gasteiger charge is 1.93. The average Bonchev–Trinajstić information content (AvgIpc) is 2.03. The molecule has 1 aromatic rings. The first-order valence-electron chi connectivity index (χ1n) is 3.59. The molecule has 4 heteroatoms. The number of carbonyl (C=O) groups is 1. The normalized spacial score (nSPS) is 9.67. The second-order valence-corrected chi connectivity index (χ2v) is 2.46. The molecule has 0 aliphatic carbocycles. The van der Waals surface area contributed by atoms with Crippen LogP contribution in [0.2, 0.25) is 0 Å². The van der Waals surface area contributed by atoms with E-state index in [2.05, 4.69) is 4.98 Å². The van der Waals surface area contributed by atoms with E-state index < -0.39 is 5.97 Å². The minimum atomic E-state index is -1.05. The summed E-state index contributed by atoms with van der Waals surface area (Å²) in [4.78, 5) is 13.9. The van der Waals surface area contributed by atoms with Crippen LogP contribution in [-0.2, 0) is 11.2 Å². The predicted octanol–water partition coefficient (Wildman–Crippen LogP) is -0.654. The molecule has 1 aromatic heterocycles. The standard InChI is InChI=1S/C8H10N2O2/c9-7-3-1-6(5-10-7)2-4-8(11)12/h1,3,5H,2,4H2,(H2,9,10)(H,11,12)/p-1. The van der Waals surface area contributed by atoms with Gasteiger partial charge < -0.3 is 15.6 Å². The largest absolute Gasteiger partial charge is 0.550 e. The Kier molecular flexibility index (Phi) is 2.63. The van der Waals surface area contributed by atoms with Gasteiger partial charge in [0, 0.05) is 12.2 Å². The molecule has 0 spiro atoms. The molecule has 1 rings (SSSR count). The van der Waals surface area contributed by atoms with Crippen molar-refractivity contribution in [2.45, 2.75) is 12.8 Å². The number of aliphatic carboxylic acids is 1. The highest BCUT2D eigenvalue weighted by atomic mass is 16.4. The lowest BCUT2D eigenvalue weighted by Gasteiger charge is -2.01. The van der Waals surface area contributed by atoms with E-state index in [0.717, 1.165) is 5.56 Å². The molecule has 0 aliphatic rings. The first-order valence-corrected chi connectivity index (χ1v) is 3.59. The zero-order valence-electron chi connectivity index (χ0n) is 6.49. The molecule has 0 atom stereocenters. The van der Waals surface area contributed by atoms with Crippen LogP contribution >= 0.6 is 0 Å². The molecule has 4 nitrogen and oxygen atoms in total. The molecule has 12 heavy (non-hydrogen) atoms. The third-order valence-corrected chi connectivity index (χ3v) is 1.47. The number of aromatic nitrogens is 1. The van der Waals surface area contributed by atoms with Crippen molar-refractivity contribution in [2.75, 3.05) is 5.73 Å². The Morgan fingerprint density at radius 3 is 2.83 bits per heavy atom. The van der Waals surface area contributed by atoms with Crippen molar-refractivity contribution >= 4 is 11.8 Å². The van der Waals surface area contributed by atoms with Crippen molar-refractivity contribution < 1.29 is 9.90 Å². The molecule has 0 bridgehead atoms. The maximum absolute atomic E-state index is 10.1. The summed E-state index contributed by atoms with van der Waals surface area (Å²) in [5.74, 6) is -0.612. The molecule has 1 heterocycles. The molecule has 0 amide bonds. The number of rotatable bonds is 3. The highest BCUT2D eigenvalue weighted by Crippen LogP contribution is 2.03. The second kappa shape index (κ2) is 3.71. The van der Waals surface area contributed by atoms with Crippen molar-refractivity contribution in [1.29, 1.82) is 0 Å². The number of carbonyl (C=O) groups excluding carboxylic acids is 1. The van der Waals surface area contributed by atoms with E-state index >= 15 is 0 Å². The van der Waals surface area contributed by atoms with Crippen molar-refractivity contribution in [3.05, 3.63) is 23.9 Å². The van der Waals surface area contributed by atoms with Gasteiger partial charge in [-0.05, 0) is 24.5 Å². The molecule has 0 saturated heterocycles. The van der Waals surface area contributed by atoms with Crippen molar-refractivity contribution in [1.82, 2.24) is 4.98 Å². The third kappa shape index (κ3) is 2.57. The SMILES string of the molecule is Nc1ccc(CCC(=O)[O-])cn1. The Hall–Kier alpha value is -1.58. The fourth-order valence-electron chi connectivity index (χ4n) is 0.830. The maximum Gasteiger partial charge on any atom is 0.123 e. The number of carboxylic acid groups (broad SMARTS) is 1. The molecular formula is C8H9N2O2-. The number of pyridine rings is 1. The number of hydrogen-bond acceptors (Lipinski definition) is 4. The number of aryl methyl sites for hydroxylation is 1. The van der Waals surface area contributed by atoms with Gasteiger partial charge in [-0.3, -0.25) is 0 Å². The summed E-state index contributed by atoms with van der Waals surface area (Å²) < 4.78 is 0. The summed E-state index contributed by atoms with van der Waals surface area (Å²) in [6.45, 7) is 0. The molecule has 0 aromatic carbocycles. The fourth-order valence-corrected chi connectivity index (χ4v) is 0.830. The topological polar surface area (TPSA) is 79.0 Å². The van der Waals surface area contributed by atoms with Crippen LogP contribution in [0.4, 0.5) is 5.82 Å². The lowest BCUT2D eigenvalue weighted by atomic mass is 10.1. The number of nitrogen functional groups attached to an aromatic ring is 1. The summed E-state index contributed by atoms with van der Waals surface area (Å²) in [5, 5.41) is 10.1. The molecule has 64 valence electrons. The first-order chi connectivity index (χ1) is 5.68. The molecule has 2 N–H and O–H groups in total. The minimum absolute atomic E-state index is 0.0194. The summed E-state index contributed by atoms with van der Waals surface area (Å²) in [6, 6.07) is 3.40. The number of carboxylic acids is 1. The van der Waals surface area contributed by atoms with Crippen LogP contribution in [-0.4, -0.2) is 11.0 Å². The Morgan fingerprint density at radius 1 is 1.58 bits per heavy atom. The van der Waals surface area contributed by atoms with E-state index in [0.29, 0.717) is 12.2 Å². The third-order valence-electron chi connectivity index (χ3n) is 1.47. The van der Waals surface area contributed by atoms with Gasteiger partial charge >= 0.3 is 0 Å². The smallest absolute Gasteiger partial charge is 0.123 e. The summed E-state index contributed by atoms with van der Waals surface area (Å²) in [7, 11) is 0. The van der Waals surface area contributed by atoms with Crippen molar-refractivity contribution in [3.8, 4) is 0 Å². The molecule has 0 aliphatic heterocycles. The number of nitrogens with zero attached hydrogens (tertiary/aromatic N) is 1. The quantitative estimate of drug-likeness (QED) is 0.645. The molecule has 0 radical (unpaired) electrons. The summed E-state index contributed by atoms with van der Waals surface area (Å²) in [6.07, 6.45) is 2.03. The molecule has 0 saturated carbocycles. The predicted molar refractivity (Wildman–Crippen MR) is 42.0 cm³/mol. The van der Waals surface area contributed by atoms with Gasteiger partial charge in [0.25, 0.3) is 0 Å². The average molecular weight is 165 g/mol. The number of nitrogens with two attached hydrogens (primary N) is 1. The molecule has 0 fully saturated rings. The van der Waals surface area contributed by atoms with Gasteiger partial charge in [0.1, 0.15) is 5.82 Å². The van der Waals surface area contributed by atoms with Gasteiger partial charge in [-0.2, -0.15) is 0 Å². The lowest BCUT2D eigenvalue weighted by Crippen LogP contribution is -2.22. The van der Waals surface area contributed by atoms with Crippen LogP contribution in [0.5, 0.6) is 0 Å². The number of anilines is 1. The zero-order chi connectivity index (χ0) is 8.97. The van der Waals surface area contributed by atoms with Gasteiger partial charge in [0.05, 0.1) is 0 Å². The summed E-state index contributed by atoms with van der Waals surface area (Å²) >= 11 is 0. The molecule has 0 unspecified atom stereocenters. The van der Waals surface area contributed by atoms with E-state index in [1.807, 2.05) is 0 Å². The van der Waals surface area contributed by atoms with Crippen LogP contribution in [0.15, 0.2) is 18.3 Å². The van der Waals surface area contributed by atoms with Gasteiger partial charge in [-0.1, -0.05) is 6.07 Å². The van der Waals surface area contributed by atoms with Crippen molar-refractivity contribution in [3.63, 3.8) is 0 Å². The van der Waals surface area contributed by atoms with Crippen LogP contribution in [0.3, 0.4) is 0 Å². The fraction of sp³-hybridized carbons (Fsp3) is 0.250. The van der Waals surface area contributed by atoms with E-state index in [1.165, 1.54) is 0 Å². The van der Waals surface area contributed by atoms with Crippen LogP contribution in [0.25, 0.3) is 0 Å². The lowest BCUT2D eigenvalue weighted by molar-refractivity contribution is -0.305. The van der Waals surface area contributed by atoms with E-state index in [1.54, 1.807) is 18.3 Å².